The van der Waals surface area contributed by atoms with E-state index in [1.54, 1.807) is 18.2 Å². The zero-order valence-electron chi connectivity index (χ0n) is 12.6. The van der Waals surface area contributed by atoms with Crippen molar-refractivity contribution in [3.63, 3.8) is 0 Å². The second-order valence-corrected chi connectivity index (χ2v) is 6.26. The van der Waals surface area contributed by atoms with Crippen molar-refractivity contribution >= 4 is 23.2 Å². The van der Waals surface area contributed by atoms with Gasteiger partial charge >= 0.3 is 0 Å². The molecule has 0 aliphatic carbocycles. The molecule has 4 nitrogen and oxygen atoms in total. The Morgan fingerprint density at radius 3 is 2.50 bits per heavy atom. The lowest BCUT2D eigenvalue weighted by atomic mass is 10.1. The molecule has 5 heteroatoms. The minimum atomic E-state index is -0.249. The van der Waals surface area contributed by atoms with E-state index in [1.165, 1.54) is 0 Å². The van der Waals surface area contributed by atoms with E-state index in [1.807, 2.05) is 40.7 Å². The average molecular weight is 294 g/mol. The number of hydrogen-bond donors (Lipinski definition) is 2. The molecular weight excluding hydrogens is 272 g/mol. The van der Waals surface area contributed by atoms with Gasteiger partial charge in [-0.2, -0.15) is 0 Å². The fourth-order valence-electron chi connectivity index (χ4n) is 1.53. The van der Waals surface area contributed by atoms with E-state index >= 15 is 0 Å². The lowest BCUT2D eigenvalue weighted by molar-refractivity contribution is 0.0975. The molecule has 1 aromatic rings. The summed E-state index contributed by atoms with van der Waals surface area (Å²) >= 11 is 5.11. The Morgan fingerprint density at radius 1 is 1.30 bits per heavy atom. The van der Waals surface area contributed by atoms with E-state index in [2.05, 4.69) is 10.6 Å². The van der Waals surface area contributed by atoms with Crippen LogP contribution in [0.25, 0.3) is 0 Å². The molecule has 20 heavy (non-hydrogen) atoms. The normalized spacial score (nSPS) is 11.1. The zero-order chi connectivity index (χ0) is 15.3. The van der Waals surface area contributed by atoms with Crippen molar-refractivity contribution in [2.75, 3.05) is 0 Å². The predicted octanol–water partition coefficient (Wildman–Crippen LogP) is 2.88. The number of ether oxygens (including phenoxy) is 1. The fraction of sp³-hybridized carbons (Fsp3) is 0.467. The van der Waals surface area contributed by atoms with Crippen molar-refractivity contribution in [2.45, 2.75) is 46.3 Å². The first-order valence-corrected chi connectivity index (χ1v) is 6.98. The number of benzene rings is 1. The van der Waals surface area contributed by atoms with Gasteiger partial charge in [0.05, 0.1) is 6.10 Å². The summed E-state index contributed by atoms with van der Waals surface area (Å²) in [6.07, 6.45) is 0.0666. The maximum absolute atomic E-state index is 12.1. The molecule has 0 radical (unpaired) electrons. The monoisotopic (exact) mass is 294 g/mol. The highest BCUT2D eigenvalue weighted by atomic mass is 32.1. The van der Waals surface area contributed by atoms with Gasteiger partial charge in [-0.05, 0) is 65.0 Å². The number of thiocarbonyl (C=S) groups is 1. The van der Waals surface area contributed by atoms with Gasteiger partial charge in [0, 0.05) is 11.1 Å². The molecule has 0 saturated carbocycles. The van der Waals surface area contributed by atoms with E-state index in [9.17, 15) is 4.79 Å². The predicted molar refractivity (Wildman–Crippen MR) is 85.2 cm³/mol. The highest BCUT2D eigenvalue weighted by molar-refractivity contribution is 7.80. The van der Waals surface area contributed by atoms with Crippen LogP contribution in [0.5, 0.6) is 5.75 Å². The largest absolute Gasteiger partial charge is 0.491 e. The average Bonchev–Trinajstić information content (AvgIpc) is 2.25. The highest BCUT2D eigenvalue weighted by Gasteiger charge is 2.14. The third kappa shape index (κ3) is 6.02. The van der Waals surface area contributed by atoms with Crippen molar-refractivity contribution in [2.24, 2.45) is 0 Å². The SMILES string of the molecule is CC(C)Oc1cccc(C(=O)NC(=S)NC(C)(C)C)c1. The molecule has 0 aliphatic heterocycles. The molecule has 1 rings (SSSR count). The van der Waals surface area contributed by atoms with Crippen molar-refractivity contribution in [1.82, 2.24) is 10.6 Å². The molecule has 0 atom stereocenters. The van der Waals surface area contributed by atoms with Crippen molar-refractivity contribution in [1.29, 1.82) is 0 Å². The van der Waals surface area contributed by atoms with Crippen LogP contribution in [0.1, 0.15) is 45.0 Å². The van der Waals surface area contributed by atoms with E-state index in [-0.39, 0.29) is 17.6 Å². The van der Waals surface area contributed by atoms with Gasteiger partial charge in [0.2, 0.25) is 0 Å². The van der Waals surface area contributed by atoms with Crippen LogP contribution in [0.4, 0.5) is 0 Å². The van der Waals surface area contributed by atoms with Crippen LogP contribution >= 0.6 is 12.2 Å². The van der Waals surface area contributed by atoms with E-state index < -0.39 is 0 Å². The quantitative estimate of drug-likeness (QED) is 0.842. The van der Waals surface area contributed by atoms with Crippen LogP contribution in [-0.2, 0) is 0 Å². The van der Waals surface area contributed by atoms with Crippen LogP contribution in [0.3, 0.4) is 0 Å². The summed E-state index contributed by atoms with van der Waals surface area (Å²) in [6.45, 7) is 9.80. The molecule has 0 aliphatic rings. The third-order valence-electron chi connectivity index (χ3n) is 2.18. The number of carbonyl (C=O) groups excluding carboxylic acids is 1. The van der Waals surface area contributed by atoms with Gasteiger partial charge in [0.1, 0.15) is 5.75 Å². The van der Waals surface area contributed by atoms with Gasteiger partial charge in [-0.15, -0.1) is 0 Å². The summed E-state index contributed by atoms with van der Waals surface area (Å²) in [5.41, 5.74) is 0.327. The topological polar surface area (TPSA) is 50.4 Å². The third-order valence-corrected chi connectivity index (χ3v) is 2.39. The van der Waals surface area contributed by atoms with Crippen LogP contribution in [0.15, 0.2) is 24.3 Å². The first kappa shape index (κ1) is 16.4. The van der Waals surface area contributed by atoms with Gasteiger partial charge in [0.15, 0.2) is 5.11 Å². The maximum atomic E-state index is 12.1. The van der Waals surface area contributed by atoms with Gasteiger partial charge in [-0.1, -0.05) is 6.07 Å². The van der Waals surface area contributed by atoms with Crippen LogP contribution in [0, 0.1) is 0 Å². The number of carbonyl (C=O) groups is 1. The van der Waals surface area contributed by atoms with Crippen LogP contribution in [-0.4, -0.2) is 22.7 Å². The highest BCUT2D eigenvalue weighted by Crippen LogP contribution is 2.14. The van der Waals surface area contributed by atoms with Crippen molar-refractivity contribution < 1.29 is 9.53 Å². The van der Waals surface area contributed by atoms with Crippen molar-refractivity contribution in [3.05, 3.63) is 29.8 Å². The Balaban J connectivity index is 2.70. The standard InChI is InChI=1S/C15H22N2O2S/c1-10(2)19-12-8-6-7-11(9-12)13(18)16-14(20)17-15(3,4)5/h6-10H,1-5H3,(H2,16,17,18,20). The summed E-state index contributed by atoms with van der Waals surface area (Å²) in [5.74, 6) is 0.420. The second-order valence-electron chi connectivity index (χ2n) is 5.85. The first-order valence-electron chi connectivity index (χ1n) is 6.57. The Labute approximate surface area is 125 Å². The molecular formula is C15H22N2O2S. The molecule has 0 unspecified atom stereocenters. The molecule has 0 aromatic heterocycles. The molecule has 0 fully saturated rings. The Bertz CT molecular complexity index is 493. The summed E-state index contributed by atoms with van der Waals surface area (Å²) in [6, 6.07) is 7.03. The number of hydrogen-bond acceptors (Lipinski definition) is 3. The fourth-order valence-corrected chi connectivity index (χ4v) is 1.93. The number of rotatable bonds is 3. The van der Waals surface area contributed by atoms with Gasteiger partial charge in [-0.3, -0.25) is 10.1 Å². The lowest BCUT2D eigenvalue weighted by Gasteiger charge is -2.22. The van der Waals surface area contributed by atoms with Gasteiger partial charge in [-0.25, -0.2) is 0 Å². The second kappa shape index (κ2) is 6.70. The molecule has 0 heterocycles. The van der Waals surface area contributed by atoms with E-state index in [0.717, 1.165) is 0 Å². The minimum Gasteiger partial charge on any atom is -0.491 e. The molecule has 110 valence electrons. The minimum absolute atomic E-state index is 0.0666. The summed E-state index contributed by atoms with van der Waals surface area (Å²) in [5, 5.41) is 6.01. The number of nitrogens with one attached hydrogen (secondary N) is 2. The van der Waals surface area contributed by atoms with E-state index in [4.69, 9.17) is 17.0 Å². The van der Waals surface area contributed by atoms with Crippen LogP contribution in [0.2, 0.25) is 0 Å². The summed E-state index contributed by atoms with van der Waals surface area (Å²) < 4.78 is 5.56. The molecule has 1 aromatic carbocycles. The molecule has 2 N–H and O–H groups in total. The Kier molecular flexibility index (Phi) is 5.51. The summed E-state index contributed by atoms with van der Waals surface area (Å²) in [7, 11) is 0. The van der Waals surface area contributed by atoms with Gasteiger partial charge < -0.3 is 10.1 Å². The molecule has 0 spiro atoms. The maximum Gasteiger partial charge on any atom is 0.257 e. The zero-order valence-corrected chi connectivity index (χ0v) is 13.4. The number of amides is 1. The van der Waals surface area contributed by atoms with Crippen LogP contribution < -0.4 is 15.4 Å². The summed E-state index contributed by atoms with van der Waals surface area (Å²) in [4.78, 5) is 12.1. The van der Waals surface area contributed by atoms with Crippen molar-refractivity contribution in [3.8, 4) is 5.75 Å². The molecule has 0 bridgehead atoms. The lowest BCUT2D eigenvalue weighted by Crippen LogP contribution is -2.48. The first-order chi connectivity index (χ1) is 9.17. The molecule has 0 saturated heterocycles. The Morgan fingerprint density at radius 2 is 1.95 bits per heavy atom. The van der Waals surface area contributed by atoms with Gasteiger partial charge in [0.25, 0.3) is 5.91 Å². The Hall–Kier alpha value is -1.62. The smallest absolute Gasteiger partial charge is 0.257 e. The van der Waals surface area contributed by atoms with E-state index in [0.29, 0.717) is 16.4 Å². The molecule has 1 amide bonds.